The summed E-state index contributed by atoms with van der Waals surface area (Å²) in [6.07, 6.45) is 0.968. The van der Waals surface area contributed by atoms with Gasteiger partial charge in [0.25, 0.3) is 0 Å². The van der Waals surface area contributed by atoms with Crippen molar-refractivity contribution in [3.05, 3.63) is 64.5 Å². The Balaban J connectivity index is 2.23. The Morgan fingerprint density at radius 1 is 1.05 bits per heavy atom. The molecule has 2 rings (SSSR count). The maximum atomic E-state index is 4.62. The summed E-state index contributed by atoms with van der Waals surface area (Å²) in [5.41, 5.74) is 6.18. The number of hydrogen-bond donors (Lipinski definition) is 1. The smallest absolute Gasteiger partial charge is 0.0579 e. The van der Waals surface area contributed by atoms with E-state index in [1.807, 2.05) is 20.0 Å². The summed E-state index contributed by atoms with van der Waals surface area (Å²) in [6, 6.07) is 13.2. The molecule has 2 heteroatoms. The first-order valence-corrected chi connectivity index (χ1v) is 6.76. The lowest BCUT2D eigenvalue weighted by atomic mass is 9.99. The maximum Gasteiger partial charge on any atom is 0.0579 e. The normalized spacial score (nSPS) is 12.4. The minimum atomic E-state index is 0.265. The Labute approximate surface area is 115 Å². The molecule has 0 amide bonds. The highest BCUT2D eigenvalue weighted by Crippen LogP contribution is 2.18. The molecule has 0 bridgehead atoms. The molecule has 2 nitrogen and oxygen atoms in total. The van der Waals surface area contributed by atoms with E-state index in [1.165, 1.54) is 16.7 Å². The summed E-state index contributed by atoms with van der Waals surface area (Å²) < 4.78 is 0. The van der Waals surface area contributed by atoms with Crippen molar-refractivity contribution < 1.29 is 0 Å². The average molecular weight is 254 g/mol. The van der Waals surface area contributed by atoms with E-state index in [4.69, 9.17) is 0 Å². The predicted octanol–water partition coefficient (Wildman–Crippen LogP) is 3.51. The van der Waals surface area contributed by atoms with Gasteiger partial charge in [-0.15, -0.1) is 0 Å². The van der Waals surface area contributed by atoms with E-state index in [-0.39, 0.29) is 6.04 Å². The van der Waals surface area contributed by atoms with Crippen molar-refractivity contribution in [3.8, 4) is 0 Å². The monoisotopic (exact) mass is 254 g/mol. The van der Waals surface area contributed by atoms with E-state index in [9.17, 15) is 0 Å². The number of rotatable bonds is 4. The molecule has 0 radical (unpaired) electrons. The van der Waals surface area contributed by atoms with Crippen LogP contribution in [0, 0.1) is 20.8 Å². The molecule has 1 N–H and O–H groups in total. The minimum absolute atomic E-state index is 0.265. The molecule has 19 heavy (non-hydrogen) atoms. The number of aryl methyl sites for hydroxylation is 3. The van der Waals surface area contributed by atoms with Crippen LogP contribution >= 0.6 is 0 Å². The Morgan fingerprint density at radius 2 is 1.74 bits per heavy atom. The highest BCUT2D eigenvalue weighted by molar-refractivity contribution is 5.30. The van der Waals surface area contributed by atoms with Crippen molar-refractivity contribution in [2.24, 2.45) is 0 Å². The number of likely N-dealkylation sites (N-methyl/N-ethyl adjacent to an activating group) is 1. The molecule has 1 aromatic heterocycles. The van der Waals surface area contributed by atoms with Gasteiger partial charge in [-0.05, 0) is 51.9 Å². The molecule has 0 aliphatic heterocycles. The summed E-state index contributed by atoms with van der Waals surface area (Å²) in [6.45, 7) is 6.33. The number of pyridine rings is 1. The minimum Gasteiger partial charge on any atom is -0.311 e. The summed E-state index contributed by atoms with van der Waals surface area (Å²) in [5.74, 6) is 0. The van der Waals surface area contributed by atoms with E-state index in [2.05, 4.69) is 54.5 Å². The molecule has 1 heterocycles. The zero-order valence-electron chi connectivity index (χ0n) is 12.2. The fourth-order valence-electron chi connectivity index (χ4n) is 2.54. The molecule has 0 aliphatic rings. The summed E-state index contributed by atoms with van der Waals surface area (Å²) >= 11 is 0. The van der Waals surface area contributed by atoms with Crippen LogP contribution in [0.3, 0.4) is 0 Å². The third kappa shape index (κ3) is 3.65. The lowest BCUT2D eigenvalue weighted by Crippen LogP contribution is -2.20. The van der Waals surface area contributed by atoms with Crippen molar-refractivity contribution in [1.82, 2.24) is 10.3 Å². The number of nitrogens with zero attached hydrogens (tertiary/aromatic N) is 1. The fourth-order valence-corrected chi connectivity index (χ4v) is 2.54. The molecule has 0 fully saturated rings. The standard InChI is InChI=1S/C17H22N2/c1-12-8-13(2)10-15(9-12)11-17(18-4)16-7-5-6-14(3)19-16/h5-10,17-18H,11H2,1-4H3. The van der Waals surface area contributed by atoms with Crippen LogP contribution in [0.4, 0.5) is 0 Å². The number of nitrogens with one attached hydrogen (secondary N) is 1. The maximum absolute atomic E-state index is 4.62. The summed E-state index contributed by atoms with van der Waals surface area (Å²) in [5, 5.41) is 3.37. The highest BCUT2D eigenvalue weighted by Gasteiger charge is 2.12. The summed E-state index contributed by atoms with van der Waals surface area (Å²) in [7, 11) is 2.00. The molecule has 0 saturated carbocycles. The number of benzene rings is 1. The van der Waals surface area contributed by atoms with Crippen LogP contribution in [0.2, 0.25) is 0 Å². The molecule has 2 aromatic rings. The van der Waals surface area contributed by atoms with Gasteiger partial charge in [0, 0.05) is 5.69 Å². The molecule has 1 atom stereocenters. The molecule has 0 spiro atoms. The van der Waals surface area contributed by atoms with Gasteiger partial charge in [0.15, 0.2) is 0 Å². The van der Waals surface area contributed by atoms with Gasteiger partial charge in [0.05, 0.1) is 11.7 Å². The van der Waals surface area contributed by atoms with Gasteiger partial charge >= 0.3 is 0 Å². The first-order valence-electron chi connectivity index (χ1n) is 6.76. The van der Waals surface area contributed by atoms with Crippen LogP contribution in [0.5, 0.6) is 0 Å². The van der Waals surface area contributed by atoms with Gasteiger partial charge < -0.3 is 5.32 Å². The van der Waals surface area contributed by atoms with Gasteiger partial charge in [-0.25, -0.2) is 0 Å². The zero-order chi connectivity index (χ0) is 13.8. The first kappa shape index (κ1) is 13.8. The molecular weight excluding hydrogens is 232 g/mol. The van der Waals surface area contributed by atoms with E-state index in [1.54, 1.807) is 0 Å². The van der Waals surface area contributed by atoms with Crippen LogP contribution in [-0.2, 0) is 6.42 Å². The van der Waals surface area contributed by atoms with E-state index in [0.29, 0.717) is 0 Å². The van der Waals surface area contributed by atoms with Crippen LogP contribution in [0.15, 0.2) is 36.4 Å². The number of aromatic nitrogens is 1. The Morgan fingerprint density at radius 3 is 2.32 bits per heavy atom. The third-order valence-electron chi connectivity index (χ3n) is 3.34. The molecule has 0 saturated heterocycles. The topological polar surface area (TPSA) is 24.9 Å². The second-order valence-corrected chi connectivity index (χ2v) is 5.25. The molecular formula is C17H22N2. The predicted molar refractivity (Wildman–Crippen MR) is 80.4 cm³/mol. The first-order chi connectivity index (χ1) is 9.08. The van der Waals surface area contributed by atoms with Crippen LogP contribution in [0.1, 0.15) is 34.1 Å². The SMILES string of the molecule is CNC(Cc1cc(C)cc(C)c1)c1cccc(C)n1. The van der Waals surface area contributed by atoms with E-state index >= 15 is 0 Å². The van der Waals surface area contributed by atoms with Crippen molar-refractivity contribution >= 4 is 0 Å². The second kappa shape index (κ2) is 5.98. The van der Waals surface area contributed by atoms with Crippen LogP contribution < -0.4 is 5.32 Å². The van der Waals surface area contributed by atoms with Gasteiger partial charge in [0.2, 0.25) is 0 Å². The zero-order valence-corrected chi connectivity index (χ0v) is 12.2. The Bertz CT molecular complexity index is 541. The molecule has 1 unspecified atom stereocenters. The largest absolute Gasteiger partial charge is 0.311 e. The molecule has 1 aromatic carbocycles. The van der Waals surface area contributed by atoms with Gasteiger partial charge in [-0.3, -0.25) is 4.98 Å². The van der Waals surface area contributed by atoms with Gasteiger partial charge in [-0.2, -0.15) is 0 Å². The third-order valence-corrected chi connectivity index (χ3v) is 3.34. The summed E-state index contributed by atoms with van der Waals surface area (Å²) in [4.78, 5) is 4.62. The Hall–Kier alpha value is -1.67. The fraction of sp³-hybridized carbons (Fsp3) is 0.353. The van der Waals surface area contributed by atoms with Crippen LogP contribution in [0.25, 0.3) is 0 Å². The van der Waals surface area contributed by atoms with Crippen LogP contribution in [-0.4, -0.2) is 12.0 Å². The van der Waals surface area contributed by atoms with Gasteiger partial charge in [-0.1, -0.05) is 35.4 Å². The number of hydrogen-bond acceptors (Lipinski definition) is 2. The average Bonchev–Trinajstić information content (AvgIpc) is 2.34. The second-order valence-electron chi connectivity index (χ2n) is 5.25. The van der Waals surface area contributed by atoms with E-state index in [0.717, 1.165) is 17.8 Å². The van der Waals surface area contributed by atoms with Gasteiger partial charge in [0.1, 0.15) is 0 Å². The molecule has 0 aliphatic carbocycles. The lowest BCUT2D eigenvalue weighted by Gasteiger charge is -2.17. The van der Waals surface area contributed by atoms with E-state index < -0.39 is 0 Å². The van der Waals surface area contributed by atoms with Crippen molar-refractivity contribution in [2.45, 2.75) is 33.2 Å². The lowest BCUT2D eigenvalue weighted by molar-refractivity contribution is 0.574. The van der Waals surface area contributed by atoms with Crippen molar-refractivity contribution in [2.75, 3.05) is 7.05 Å². The molecule has 100 valence electrons. The highest BCUT2D eigenvalue weighted by atomic mass is 14.9. The van der Waals surface area contributed by atoms with Crippen molar-refractivity contribution in [3.63, 3.8) is 0 Å². The van der Waals surface area contributed by atoms with Crippen molar-refractivity contribution in [1.29, 1.82) is 0 Å². The Kier molecular flexibility index (Phi) is 4.33. The quantitative estimate of drug-likeness (QED) is 0.903.